The van der Waals surface area contributed by atoms with E-state index >= 15 is 0 Å². The Morgan fingerprint density at radius 3 is 1.05 bits per heavy atom. The molecule has 6 aromatic heterocycles. The highest BCUT2D eigenvalue weighted by Crippen LogP contribution is 2.48. The quantitative estimate of drug-likeness (QED) is 0.120. The maximum absolute atomic E-state index is 2.55. The molecule has 0 amide bonds. The summed E-state index contributed by atoms with van der Waals surface area (Å²) in [5, 5.41) is 22.2. The van der Waals surface area contributed by atoms with Gasteiger partial charge in [-0.2, -0.15) is 0 Å². The molecule has 3 nitrogen and oxygen atoms in total. The minimum Gasteiger partial charge on any atom is -0.308 e. The second-order valence-electron chi connectivity index (χ2n) is 26.5. The van der Waals surface area contributed by atoms with E-state index in [0.29, 0.717) is 0 Å². The van der Waals surface area contributed by atoms with Crippen molar-refractivity contribution in [2.45, 2.75) is 45.8 Å². The van der Waals surface area contributed by atoms with Gasteiger partial charge in [-0.25, -0.2) is 0 Å². The van der Waals surface area contributed by atoms with E-state index in [4.69, 9.17) is 0 Å². The molecule has 0 saturated heterocycles. The Balaban J connectivity index is 0.813. The van der Waals surface area contributed by atoms with Crippen molar-refractivity contribution in [1.29, 1.82) is 0 Å². The first kappa shape index (κ1) is 47.5. The summed E-state index contributed by atoms with van der Waals surface area (Å²) in [6.07, 6.45) is 0. The lowest BCUT2D eigenvalue weighted by molar-refractivity contribution is 0.590. The van der Waals surface area contributed by atoms with Crippen LogP contribution in [0.2, 0.25) is 19.6 Å². The molecule has 0 spiro atoms. The number of hydrogen-bond acceptors (Lipinski definition) is 0. The van der Waals surface area contributed by atoms with Crippen molar-refractivity contribution < 1.29 is 0 Å². The van der Waals surface area contributed by atoms with Crippen molar-refractivity contribution >= 4 is 149 Å². The lowest BCUT2D eigenvalue weighted by atomic mass is 9.86. The maximum atomic E-state index is 2.55. The first-order valence-electron chi connectivity index (χ1n) is 30.1. The second-order valence-corrected chi connectivity index (χ2v) is 31.6. The lowest BCUT2D eigenvalue weighted by Gasteiger charge is -2.19. The first-order chi connectivity index (χ1) is 41.4. The monoisotopic (exact) mass is 1100 g/mol. The van der Waals surface area contributed by atoms with E-state index in [1.165, 1.54) is 191 Å². The summed E-state index contributed by atoms with van der Waals surface area (Å²) in [6, 6.07) is 91.2. The van der Waals surface area contributed by atoms with Crippen LogP contribution in [0.4, 0.5) is 0 Å². The van der Waals surface area contributed by atoms with E-state index in [-0.39, 0.29) is 5.41 Å². The van der Waals surface area contributed by atoms with Gasteiger partial charge in [0.2, 0.25) is 0 Å². The van der Waals surface area contributed by atoms with E-state index in [1.807, 2.05) is 0 Å². The molecule has 0 atom stereocenters. The van der Waals surface area contributed by atoms with Crippen LogP contribution in [0.1, 0.15) is 26.3 Å². The summed E-state index contributed by atoms with van der Waals surface area (Å²) in [7, 11) is -1.65. The standard InChI is InChI=1S/C81H57N3Si/c1-81(2,3)56-28-21-46(22-29-56)54-40-66-60-15-9-11-17-72(60)82-74-31-24-49(36-62(74)67(41-54)78(66)82)50-25-32-75-63(37-50)68-42-55(48-23-30-59-53(35-48)20-19-47-13-7-8-14-58(47)59)43-69-64-38-51(26-33-76(64)84(75)79(68)69)52-27-34-77-65(39-52)71-45-57(85(4,5)6)44-70-61-16-10-12-18-73(61)83(77)80(70)71/h7-45H,1-6H3. The molecule has 0 N–H and O–H groups in total. The molecular formula is C81H57N3Si. The van der Waals surface area contributed by atoms with Crippen molar-refractivity contribution in [3.05, 3.63) is 242 Å². The Morgan fingerprint density at radius 2 is 0.576 bits per heavy atom. The number of nitrogens with zero attached hydrogens (tertiary/aromatic N) is 3. The first-order valence-corrected chi connectivity index (χ1v) is 33.6. The highest BCUT2D eigenvalue weighted by atomic mass is 28.3. The number of hydrogen-bond donors (Lipinski definition) is 0. The fourth-order valence-corrected chi connectivity index (χ4v) is 16.5. The molecular weight excluding hydrogens is 1040 g/mol. The van der Waals surface area contributed by atoms with Crippen molar-refractivity contribution in [2.24, 2.45) is 0 Å². The topological polar surface area (TPSA) is 13.2 Å². The van der Waals surface area contributed by atoms with Crippen LogP contribution in [-0.2, 0) is 5.41 Å². The summed E-state index contributed by atoms with van der Waals surface area (Å²) in [6.45, 7) is 14.3. The smallest absolute Gasteiger partial charge is 0.0776 e. The largest absolute Gasteiger partial charge is 0.308 e. The van der Waals surface area contributed by atoms with Crippen LogP contribution in [-0.4, -0.2) is 21.3 Å². The Morgan fingerprint density at radius 1 is 0.247 bits per heavy atom. The van der Waals surface area contributed by atoms with Gasteiger partial charge in [0.15, 0.2) is 0 Å². The van der Waals surface area contributed by atoms with Gasteiger partial charge in [-0.3, -0.25) is 0 Å². The normalized spacial score (nSPS) is 13.1. The van der Waals surface area contributed by atoms with Crippen LogP contribution in [0.3, 0.4) is 0 Å². The lowest BCUT2D eigenvalue weighted by Crippen LogP contribution is -2.37. The highest BCUT2D eigenvalue weighted by Gasteiger charge is 2.26. The zero-order valence-electron chi connectivity index (χ0n) is 48.4. The van der Waals surface area contributed by atoms with E-state index in [2.05, 4.69) is 290 Å². The molecule has 0 bridgehead atoms. The highest BCUT2D eigenvalue weighted by molar-refractivity contribution is 6.89. The summed E-state index contributed by atoms with van der Waals surface area (Å²) in [4.78, 5) is 0. The van der Waals surface area contributed by atoms with Crippen LogP contribution in [0, 0.1) is 0 Å². The van der Waals surface area contributed by atoms with Gasteiger partial charge in [-0.1, -0.05) is 191 Å². The third kappa shape index (κ3) is 6.50. The van der Waals surface area contributed by atoms with Gasteiger partial charge in [-0.15, -0.1) is 0 Å². The molecule has 6 heterocycles. The summed E-state index contributed by atoms with van der Waals surface area (Å²) < 4.78 is 7.57. The van der Waals surface area contributed by atoms with Crippen molar-refractivity contribution in [1.82, 2.24) is 13.2 Å². The van der Waals surface area contributed by atoms with Crippen LogP contribution in [0.15, 0.2) is 237 Å². The number of benzene rings is 13. The van der Waals surface area contributed by atoms with Gasteiger partial charge in [-0.05, 0) is 168 Å². The summed E-state index contributed by atoms with van der Waals surface area (Å²) in [5.74, 6) is 0. The van der Waals surface area contributed by atoms with Crippen molar-refractivity contribution in [2.75, 3.05) is 0 Å². The van der Waals surface area contributed by atoms with Gasteiger partial charge in [0.25, 0.3) is 0 Å². The van der Waals surface area contributed by atoms with Gasteiger partial charge in [0.1, 0.15) is 0 Å². The second kappa shape index (κ2) is 16.4. The molecule has 0 fully saturated rings. The number of para-hydroxylation sites is 2. The maximum Gasteiger partial charge on any atom is 0.0776 e. The molecule has 13 aromatic carbocycles. The number of rotatable bonds is 5. The number of aromatic nitrogens is 3. The fraction of sp³-hybridized carbons (Fsp3) is 0.0864. The van der Waals surface area contributed by atoms with E-state index in [9.17, 15) is 0 Å². The molecule has 4 heteroatoms. The predicted octanol–water partition coefficient (Wildman–Crippen LogP) is 22.0. The molecule has 400 valence electrons. The van der Waals surface area contributed by atoms with Gasteiger partial charge in [0.05, 0.1) is 57.7 Å². The Labute approximate surface area is 491 Å². The summed E-state index contributed by atoms with van der Waals surface area (Å²) in [5.41, 5.74) is 22.7. The zero-order valence-corrected chi connectivity index (χ0v) is 49.4. The zero-order chi connectivity index (χ0) is 56.5. The van der Waals surface area contributed by atoms with Gasteiger partial charge in [0, 0.05) is 64.6 Å². The van der Waals surface area contributed by atoms with Crippen LogP contribution in [0.25, 0.3) is 180 Å². The predicted molar refractivity (Wildman–Crippen MR) is 369 cm³/mol. The molecule has 0 aliphatic rings. The van der Waals surface area contributed by atoms with E-state index < -0.39 is 8.07 Å². The molecule has 0 aliphatic carbocycles. The van der Waals surface area contributed by atoms with Crippen molar-refractivity contribution in [3.8, 4) is 44.5 Å². The molecule has 19 aromatic rings. The average molecular weight is 1100 g/mol. The third-order valence-corrected chi connectivity index (χ3v) is 21.7. The average Bonchev–Trinajstić information content (AvgIpc) is 1.67. The Hall–Kier alpha value is -10.0. The van der Waals surface area contributed by atoms with Crippen molar-refractivity contribution in [3.63, 3.8) is 0 Å². The van der Waals surface area contributed by atoms with Crippen LogP contribution < -0.4 is 5.19 Å². The SMILES string of the molecule is CC(C)(C)c1ccc(-c2cc3c4ccccc4n4c5ccc(-c6ccc7c(c6)c6cc(-c8ccc9c(ccc%10ccccc%109)c8)cc8c9cc(-c%10ccc%11c(c%10)c%10cc([Si](C)(C)C)cc%12c%13ccccc%13n%11c%12%10)ccc9n7c68)cc5c(c2)c34)cc1. The molecule has 19 rings (SSSR count). The Kier molecular flexibility index (Phi) is 9.17. The molecule has 0 unspecified atom stereocenters. The number of fused-ring (bicyclic) bond motifs is 21. The molecule has 0 radical (unpaired) electrons. The third-order valence-electron chi connectivity index (χ3n) is 19.7. The molecule has 0 saturated carbocycles. The molecule has 0 aliphatic heterocycles. The summed E-state index contributed by atoms with van der Waals surface area (Å²) >= 11 is 0. The van der Waals surface area contributed by atoms with Crippen LogP contribution in [0.5, 0.6) is 0 Å². The minimum atomic E-state index is -1.65. The minimum absolute atomic E-state index is 0.0884. The van der Waals surface area contributed by atoms with Crippen LogP contribution >= 0.6 is 0 Å². The fourth-order valence-electron chi connectivity index (χ4n) is 15.4. The van der Waals surface area contributed by atoms with Gasteiger partial charge < -0.3 is 13.2 Å². The molecule has 85 heavy (non-hydrogen) atoms. The van der Waals surface area contributed by atoms with E-state index in [0.717, 1.165) is 0 Å². The van der Waals surface area contributed by atoms with Gasteiger partial charge >= 0.3 is 0 Å². The van der Waals surface area contributed by atoms with E-state index in [1.54, 1.807) is 0 Å². The Bertz CT molecular complexity index is 6090.